The molecular weight excluding hydrogens is 256 g/mol. The van der Waals surface area contributed by atoms with Crippen molar-refractivity contribution in [2.45, 2.75) is 26.3 Å². The first kappa shape index (κ1) is 14.0. The normalized spacial score (nSPS) is 12.2. The molecule has 0 saturated heterocycles. The van der Waals surface area contributed by atoms with Gasteiger partial charge in [0, 0.05) is 31.1 Å². The van der Waals surface area contributed by atoms with Crippen molar-refractivity contribution in [1.29, 1.82) is 0 Å². The van der Waals surface area contributed by atoms with E-state index in [1.54, 1.807) is 17.8 Å². The molecule has 2 rings (SSSR count). The van der Waals surface area contributed by atoms with E-state index in [4.69, 9.17) is 0 Å². The van der Waals surface area contributed by atoms with E-state index in [1.807, 2.05) is 20.0 Å². The molecule has 0 aliphatic carbocycles. The molecule has 2 N–H and O–H groups in total. The number of aromatic amines is 1. The summed E-state index contributed by atoms with van der Waals surface area (Å²) in [7, 11) is 1.83. The molecule has 2 aromatic heterocycles. The fourth-order valence-corrected chi connectivity index (χ4v) is 2.15. The second kappa shape index (κ2) is 5.73. The molecular formula is C14H18N4O2. The molecule has 1 amide bonds. The third kappa shape index (κ3) is 2.96. The number of rotatable bonds is 4. The monoisotopic (exact) mass is 274 g/mol. The molecule has 106 valence electrons. The average molecular weight is 274 g/mol. The van der Waals surface area contributed by atoms with Crippen molar-refractivity contribution < 1.29 is 4.79 Å². The van der Waals surface area contributed by atoms with Crippen molar-refractivity contribution in [3.63, 3.8) is 0 Å². The molecule has 20 heavy (non-hydrogen) atoms. The van der Waals surface area contributed by atoms with Gasteiger partial charge in [0.2, 0.25) is 0 Å². The minimum Gasteiger partial charge on any atom is -0.354 e. The van der Waals surface area contributed by atoms with E-state index < -0.39 is 0 Å². The Balaban J connectivity index is 2.21. The van der Waals surface area contributed by atoms with Crippen LogP contribution in [0.15, 0.2) is 29.2 Å². The number of aromatic nitrogens is 3. The molecule has 0 bridgehead atoms. The Labute approximate surface area is 116 Å². The van der Waals surface area contributed by atoms with Gasteiger partial charge >= 0.3 is 0 Å². The summed E-state index contributed by atoms with van der Waals surface area (Å²) in [6.07, 6.45) is 2.43. The number of carbonyl (C=O) groups is 1. The molecule has 0 fully saturated rings. The van der Waals surface area contributed by atoms with E-state index in [0.29, 0.717) is 5.69 Å². The van der Waals surface area contributed by atoms with Crippen LogP contribution in [-0.4, -0.2) is 20.7 Å². The number of nitrogens with one attached hydrogen (secondary N) is 2. The van der Waals surface area contributed by atoms with Crippen molar-refractivity contribution in [2.24, 2.45) is 7.05 Å². The largest absolute Gasteiger partial charge is 0.354 e. The predicted octanol–water partition coefficient (Wildman–Crippen LogP) is 1.30. The molecule has 0 saturated carbocycles. The maximum Gasteiger partial charge on any atom is 0.268 e. The topological polar surface area (TPSA) is 79.8 Å². The summed E-state index contributed by atoms with van der Waals surface area (Å²) in [5.41, 5.74) is 1.68. The van der Waals surface area contributed by atoms with Crippen molar-refractivity contribution in [3.8, 4) is 0 Å². The highest BCUT2D eigenvalue weighted by Gasteiger charge is 2.17. The summed E-state index contributed by atoms with van der Waals surface area (Å²) in [5.74, 6) is -0.293. The first-order chi connectivity index (χ1) is 9.51. The lowest BCUT2D eigenvalue weighted by Crippen LogP contribution is -2.31. The Bertz CT molecular complexity index is 672. The number of pyridine rings is 1. The van der Waals surface area contributed by atoms with Gasteiger partial charge in [0.1, 0.15) is 5.69 Å². The minimum atomic E-state index is -0.293. The third-order valence-corrected chi connectivity index (χ3v) is 3.15. The van der Waals surface area contributed by atoms with Crippen molar-refractivity contribution in [1.82, 2.24) is 20.1 Å². The van der Waals surface area contributed by atoms with Gasteiger partial charge in [0.15, 0.2) is 5.43 Å². The van der Waals surface area contributed by atoms with E-state index >= 15 is 0 Å². The smallest absolute Gasteiger partial charge is 0.268 e. The zero-order chi connectivity index (χ0) is 14.7. The molecule has 6 nitrogen and oxygen atoms in total. The number of H-pyrrole nitrogens is 1. The molecule has 0 aliphatic rings. The number of carbonyl (C=O) groups excluding carboxylic acids is 1. The Hall–Kier alpha value is -2.37. The van der Waals surface area contributed by atoms with E-state index in [9.17, 15) is 9.59 Å². The highest BCUT2D eigenvalue weighted by Crippen LogP contribution is 2.15. The molecule has 0 spiro atoms. The van der Waals surface area contributed by atoms with E-state index in [1.165, 1.54) is 12.1 Å². The van der Waals surface area contributed by atoms with Crippen LogP contribution >= 0.6 is 0 Å². The number of nitrogens with zero attached hydrogens (tertiary/aromatic N) is 2. The second-order valence-electron chi connectivity index (χ2n) is 4.73. The lowest BCUT2D eigenvalue weighted by atomic mass is 10.1. The van der Waals surface area contributed by atoms with Crippen LogP contribution in [0.2, 0.25) is 0 Å². The SMILES string of the molecule is CC[C@@H](NC(=O)c1cc(=O)cc(C)[nH]1)c1ccnn1C. The van der Waals surface area contributed by atoms with Gasteiger partial charge in [-0.1, -0.05) is 6.92 Å². The summed E-state index contributed by atoms with van der Waals surface area (Å²) < 4.78 is 1.73. The first-order valence-corrected chi connectivity index (χ1v) is 6.51. The van der Waals surface area contributed by atoms with Crippen LogP contribution in [0, 0.1) is 6.92 Å². The van der Waals surface area contributed by atoms with Crippen molar-refractivity contribution in [2.75, 3.05) is 0 Å². The standard InChI is InChI=1S/C14H18N4O2/c1-4-11(13-5-6-15-18(13)3)17-14(20)12-8-10(19)7-9(2)16-12/h5-8,11H,4H2,1-3H3,(H,16,19)(H,17,20)/t11-/m1/s1. The van der Waals surface area contributed by atoms with Crippen LogP contribution in [0.5, 0.6) is 0 Å². The highest BCUT2D eigenvalue weighted by molar-refractivity contribution is 5.92. The maximum atomic E-state index is 12.2. The van der Waals surface area contributed by atoms with Gasteiger partial charge in [-0.25, -0.2) is 0 Å². The molecule has 0 unspecified atom stereocenters. The average Bonchev–Trinajstić information content (AvgIpc) is 2.80. The van der Waals surface area contributed by atoms with Gasteiger partial charge in [0.05, 0.1) is 11.7 Å². The first-order valence-electron chi connectivity index (χ1n) is 6.51. The van der Waals surface area contributed by atoms with Crippen LogP contribution in [0.4, 0.5) is 0 Å². The lowest BCUT2D eigenvalue weighted by molar-refractivity contribution is 0.0928. The Morgan fingerprint density at radius 3 is 2.80 bits per heavy atom. The molecule has 1 atom stereocenters. The molecule has 6 heteroatoms. The van der Waals surface area contributed by atoms with Gasteiger partial charge in [-0.15, -0.1) is 0 Å². The Morgan fingerprint density at radius 2 is 2.25 bits per heavy atom. The number of amides is 1. The van der Waals surface area contributed by atoms with Crippen LogP contribution in [0.3, 0.4) is 0 Å². The lowest BCUT2D eigenvalue weighted by Gasteiger charge is -2.17. The number of hydrogen-bond donors (Lipinski definition) is 2. The van der Waals surface area contributed by atoms with E-state index in [-0.39, 0.29) is 23.1 Å². The van der Waals surface area contributed by atoms with E-state index in [2.05, 4.69) is 15.4 Å². The Morgan fingerprint density at radius 1 is 1.50 bits per heavy atom. The Kier molecular flexibility index (Phi) is 4.02. The molecule has 2 heterocycles. The molecule has 2 aromatic rings. The fourth-order valence-electron chi connectivity index (χ4n) is 2.15. The number of hydrogen-bond acceptors (Lipinski definition) is 3. The summed E-state index contributed by atoms with van der Waals surface area (Å²) in [6.45, 7) is 3.73. The van der Waals surface area contributed by atoms with Gasteiger partial charge in [0.25, 0.3) is 5.91 Å². The minimum absolute atomic E-state index is 0.140. The van der Waals surface area contributed by atoms with Crippen LogP contribution in [-0.2, 0) is 7.05 Å². The highest BCUT2D eigenvalue weighted by atomic mass is 16.2. The van der Waals surface area contributed by atoms with Crippen molar-refractivity contribution in [3.05, 3.63) is 51.7 Å². The van der Waals surface area contributed by atoms with Gasteiger partial charge in [-0.3, -0.25) is 14.3 Å². The van der Waals surface area contributed by atoms with Crippen LogP contribution in [0.25, 0.3) is 0 Å². The second-order valence-corrected chi connectivity index (χ2v) is 4.73. The van der Waals surface area contributed by atoms with Crippen LogP contribution < -0.4 is 10.7 Å². The maximum absolute atomic E-state index is 12.2. The summed E-state index contributed by atoms with van der Waals surface area (Å²) >= 11 is 0. The summed E-state index contributed by atoms with van der Waals surface area (Å²) in [6, 6.07) is 4.49. The zero-order valence-electron chi connectivity index (χ0n) is 11.8. The quantitative estimate of drug-likeness (QED) is 0.882. The zero-order valence-corrected chi connectivity index (χ0v) is 11.8. The van der Waals surface area contributed by atoms with Crippen LogP contribution in [0.1, 0.15) is 41.3 Å². The van der Waals surface area contributed by atoms with Gasteiger partial charge < -0.3 is 10.3 Å². The predicted molar refractivity (Wildman–Crippen MR) is 75.5 cm³/mol. The van der Waals surface area contributed by atoms with Crippen molar-refractivity contribution >= 4 is 5.91 Å². The third-order valence-electron chi connectivity index (χ3n) is 3.15. The molecule has 0 aromatic carbocycles. The van der Waals surface area contributed by atoms with E-state index in [0.717, 1.165) is 12.1 Å². The fraction of sp³-hybridized carbons (Fsp3) is 0.357. The molecule has 0 aliphatic heterocycles. The van der Waals surface area contributed by atoms with Gasteiger partial charge in [-0.2, -0.15) is 5.10 Å². The summed E-state index contributed by atoms with van der Waals surface area (Å²) in [5, 5.41) is 7.01. The van der Waals surface area contributed by atoms with Gasteiger partial charge in [-0.05, 0) is 19.4 Å². The number of aryl methyl sites for hydroxylation is 2. The molecule has 0 radical (unpaired) electrons. The summed E-state index contributed by atoms with van der Waals surface area (Å²) in [4.78, 5) is 26.6.